The Balaban J connectivity index is 1.60. The van der Waals surface area contributed by atoms with E-state index in [9.17, 15) is 9.59 Å². The summed E-state index contributed by atoms with van der Waals surface area (Å²) in [5.41, 5.74) is 1.61. The molecule has 0 saturated heterocycles. The third-order valence-corrected chi connectivity index (χ3v) is 6.04. The predicted molar refractivity (Wildman–Crippen MR) is 113 cm³/mol. The molecule has 1 saturated carbocycles. The van der Waals surface area contributed by atoms with E-state index in [4.69, 9.17) is 0 Å². The number of aromatic nitrogens is 2. The molecule has 0 bridgehead atoms. The number of amides is 1. The summed E-state index contributed by atoms with van der Waals surface area (Å²) in [6.45, 7) is 0.435. The van der Waals surface area contributed by atoms with Crippen LogP contribution in [0.3, 0.4) is 0 Å². The van der Waals surface area contributed by atoms with Gasteiger partial charge in [0.1, 0.15) is 0 Å². The Hall–Kier alpha value is -2.60. The van der Waals surface area contributed by atoms with Crippen molar-refractivity contribution in [3.63, 3.8) is 0 Å². The monoisotopic (exact) mass is 393 g/mol. The molecule has 0 radical (unpaired) electrons. The summed E-state index contributed by atoms with van der Waals surface area (Å²) in [4.78, 5) is 30.1. The predicted octanol–water partition coefficient (Wildman–Crippen LogP) is 3.60. The van der Waals surface area contributed by atoms with Gasteiger partial charge in [0.25, 0.3) is 5.56 Å². The molecular weight excluding hydrogens is 370 g/mol. The zero-order valence-corrected chi connectivity index (χ0v) is 16.5. The molecule has 0 aliphatic heterocycles. The van der Waals surface area contributed by atoms with Gasteiger partial charge in [-0.3, -0.25) is 14.2 Å². The molecule has 1 fully saturated rings. The Bertz CT molecular complexity index is 1030. The highest BCUT2D eigenvalue weighted by atomic mass is 32.2. The van der Waals surface area contributed by atoms with E-state index in [2.05, 4.69) is 10.3 Å². The third kappa shape index (κ3) is 4.28. The first-order chi connectivity index (χ1) is 13.7. The Morgan fingerprint density at radius 1 is 1.07 bits per heavy atom. The molecule has 6 heteroatoms. The number of carbonyl (C=O) groups excluding carboxylic acids is 1. The number of hydrogen-bond acceptors (Lipinski definition) is 4. The summed E-state index contributed by atoms with van der Waals surface area (Å²) < 4.78 is 1.67. The van der Waals surface area contributed by atoms with Crippen LogP contribution in [0.2, 0.25) is 0 Å². The van der Waals surface area contributed by atoms with Crippen molar-refractivity contribution in [2.75, 3.05) is 5.75 Å². The molecule has 1 aliphatic carbocycles. The van der Waals surface area contributed by atoms with Gasteiger partial charge >= 0.3 is 0 Å². The van der Waals surface area contributed by atoms with Gasteiger partial charge in [0.2, 0.25) is 5.91 Å². The van der Waals surface area contributed by atoms with Crippen LogP contribution in [0.25, 0.3) is 10.9 Å². The number of thioether (sulfide) groups is 1. The summed E-state index contributed by atoms with van der Waals surface area (Å²) in [6.07, 6.45) is 4.48. The number of rotatable bonds is 6. The highest BCUT2D eigenvalue weighted by molar-refractivity contribution is 7.99. The lowest BCUT2D eigenvalue weighted by Gasteiger charge is -2.14. The maximum atomic E-state index is 13.1. The Labute approximate surface area is 168 Å². The summed E-state index contributed by atoms with van der Waals surface area (Å²) >= 11 is 1.33. The molecule has 3 aromatic rings. The van der Waals surface area contributed by atoms with Crippen LogP contribution < -0.4 is 10.9 Å². The SMILES string of the molecule is O=C(CSc1nc2ccccc2c(=O)n1Cc1ccccc1)NC1CCCC1. The number of nitrogens with zero attached hydrogens (tertiary/aromatic N) is 2. The number of carbonyl (C=O) groups is 1. The lowest BCUT2D eigenvalue weighted by molar-refractivity contribution is -0.119. The molecule has 28 heavy (non-hydrogen) atoms. The smallest absolute Gasteiger partial charge is 0.262 e. The van der Waals surface area contributed by atoms with E-state index in [1.54, 1.807) is 10.6 Å². The number of fused-ring (bicyclic) bond motifs is 1. The lowest BCUT2D eigenvalue weighted by Crippen LogP contribution is -2.34. The van der Waals surface area contributed by atoms with Gasteiger partial charge in [0, 0.05) is 6.04 Å². The molecule has 4 rings (SSSR count). The largest absolute Gasteiger partial charge is 0.353 e. The maximum absolute atomic E-state index is 13.1. The van der Waals surface area contributed by atoms with Crippen molar-refractivity contribution >= 4 is 28.6 Å². The Morgan fingerprint density at radius 2 is 1.79 bits per heavy atom. The zero-order valence-electron chi connectivity index (χ0n) is 15.6. The van der Waals surface area contributed by atoms with Gasteiger partial charge in [0.15, 0.2) is 5.16 Å². The van der Waals surface area contributed by atoms with Gasteiger partial charge in [-0.05, 0) is 30.5 Å². The molecule has 1 heterocycles. The minimum absolute atomic E-state index is 0.00516. The number of hydrogen-bond donors (Lipinski definition) is 1. The fraction of sp³-hybridized carbons (Fsp3) is 0.318. The molecule has 0 atom stereocenters. The van der Waals surface area contributed by atoms with Crippen molar-refractivity contribution in [2.24, 2.45) is 0 Å². The fourth-order valence-corrected chi connectivity index (χ4v) is 4.44. The van der Waals surface area contributed by atoms with Crippen LogP contribution in [0, 0.1) is 0 Å². The third-order valence-electron chi connectivity index (χ3n) is 5.06. The van der Waals surface area contributed by atoms with E-state index in [0.29, 0.717) is 28.6 Å². The second-order valence-corrected chi connectivity index (χ2v) is 8.07. The van der Waals surface area contributed by atoms with Gasteiger partial charge in [-0.2, -0.15) is 0 Å². The molecule has 0 spiro atoms. The first-order valence-electron chi connectivity index (χ1n) is 9.66. The second kappa shape index (κ2) is 8.61. The van der Waals surface area contributed by atoms with Crippen LogP contribution in [0.5, 0.6) is 0 Å². The van der Waals surface area contributed by atoms with Crippen molar-refractivity contribution in [2.45, 2.75) is 43.4 Å². The van der Waals surface area contributed by atoms with E-state index in [0.717, 1.165) is 18.4 Å². The van der Waals surface area contributed by atoms with E-state index in [-0.39, 0.29) is 17.2 Å². The minimum atomic E-state index is -0.0758. The van der Waals surface area contributed by atoms with Crippen molar-refractivity contribution in [1.82, 2.24) is 14.9 Å². The van der Waals surface area contributed by atoms with Gasteiger partial charge < -0.3 is 5.32 Å². The number of para-hydroxylation sites is 1. The van der Waals surface area contributed by atoms with Crippen LogP contribution in [0.4, 0.5) is 0 Å². The molecule has 1 aromatic heterocycles. The quantitative estimate of drug-likeness (QED) is 0.513. The average molecular weight is 394 g/mol. The highest BCUT2D eigenvalue weighted by Gasteiger charge is 2.18. The Kier molecular flexibility index (Phi) is 5.76. The van der Waals surface area contributed by atoms with Crippen molar-refractivity contribution in [1.29, 1.82) is 0 Å². The fourth-order valence-electron chi connectivity index (χ4n) is 3.63. The first kappa shape index (κ1) is 18.7. The van der Waals surface area contributed by atoms with Crippen molar-refractivity contribution in [3.05, 3.63) is 70.5 Å². The molecule has 1 aliphatic rings. The highest BCUT2D eigenvalue weighted by Crippen LogP contribution is 2.20. The standard InChI is InChI=1S/C22H23N3O2S/c26-20(23-17-10-4-5-11-17)15-28-22-24-19-13-7-6-12-18(19)21(27)25(22)14-16-8-2-1-3-9-16/h1-3,6-9,12-13,17H,4-5,10-11,14-15H2,(H,23,26). The number of benzene rings is 2. The molecule has 5 nitrogen and oxygen atoms in total. The van der Waals surface area contributed by atoms with E-state index in [1.807, 2.05) is 48.5 Å². The van der Waals surface area contributed by atoms with Crippen LogP contribution in [-0.2, 0) is 11.3 Å². The molecule has 1 N–H and O–H groups in total. The molecule has 2 aromatic carbocycles. The average Bonchev–Trinajstić information content (AvgIpc) is 3.22. The van der Waals surface area contributed by atoms with Gasteiger partial charge in [0.05, 0.1) is 23.2 Å². The van der Waals surface area contributed by atoms with E-state index >= 15 is 0 Å². The van der Waals surface area contributed by atoms with Crippen LogP contribution in [0.15, 0.2) is 64.5 Å². The maximum Gasteiger partial charge on any atom is 0.262 e. The molecule has 0 unspecified atom stereocenters. The molecule has 144 valence electrons. The van der Waals surface area contributed by atoms with Crippen LogP contribution in [-0.4, -0.2) is 27.3 Å². The topological polar surface area (TPSA) is 64.0 Å². The van der Waals surface area contributed by atoms with E-state index < -0.39 is 0 Å². The number of nitrogens with one attached hydrogen (secondary N) is 1. The normalized spacial score (nSPS) is 14.4. The lowest BCUT2D eigenvalue weighted by atomic mass is 10.2. The summed E-state index contributed by atoms with van der Waals surface area (Å²) in [5, 5.41) is 4.27. The summed E-state index contributed by atoms with van der Waals surface area (Å²) in [7, 11) is 0. The van der Waals surface area contributed by atoms with Gasteiger partial charge in [-0.1, -0.05) is 67.1 Å². The summed E-state index contributed by atoms with van der Waals surface area (Å²) in [6, 6.07) is 17.5. The van der Waals surface area contributed by atoms with Crippen LogP contribution in [0.1, 0.15) is 31.2 Å². The Morgan fingerprint density at radius 3 is 2.57 bits per heavy atom. The first-order valence-corrected chi connectivity index (χ1v) is 10.6. The zero-order chi connectivity index (χ0) is 19.3. The van der Waals surface area contributed by atoms with Crippen molar-refractivity contribution in [3.8, 4) is 0 Å². The van der Waals surface area contributed by atoms with Crippen molar-refractivity contribution < 1.29 is 4.79 Å². The van der Waals surface area contributed by atoms with Crippen LogP contribution >= 0.6 is 11.8 Å². The van der Waals surface area contributed by atoms with Gasteiger partial charge in [-0.15, -0.1) is 0 Å². The molecular formula is C22H23N3O2S. The summed E-state index contributed by atoms with van der Waals surface area (Å²) in [5.74, 6) is 0.265. The van der Waals surface area contributed by atoms with Gasteiger partial charge in [-0.25, -0.2) is 4.98 Å². The minimum Gasteiger partial charge on any atom is -0.353 e. The van der Waals surface area contributed by atoms with E-state index in [1.165, 1.54) is 24.6 Å². The molecule has 1 amide bonds. The second-order valence-electron chi connectivity index (χ2n) is 7.13.